The molecule has 2 aliphatic rings. The summed E-state index contributed by atoms with van der Waals surface area (Å²) < 4.78 is 0. The molecule has 166 valence electrons. The summed E-state index contributed by atoms with van der Waals surface area (Å²) in [6.45, 7) is 5.21. The van der Waals surface area contributed by atoms with Gasteiger partial charge in [0, 0.05) is 31.7 Å². The van der Waals surface area contributed by atoms with E-state index in [2.05, 4.69) is 20.1 Å². The molecule has 8 nitrogen and oxygen atoms in total. The van der Waals surface area contributed by atoms with Crippen molar-refractivity contribution in [1.82, 2.24) is 25.0 Å². The first kappa shape index (κ1) is 21.5. The van der Waals surface area contributed by atoms with Gasteiger partial charge < -0.3 is 14.9 Å². The summed E-state index contributed by atoms with van der Waals surface area (Å²) >= 11 is 0. The van der Waals surface area contributed by atoms with Crippen LogP contribution in [0.2, 0.25) is 0 Å². The lowest BCUT2D eigenvalue weighted by molar-refractivity contribution is 0.0676. The lowest BCUT2D eigenvalue weighted by Crippen LogP contribution is -2.38. The molecule has 1 aliphatic carbocycles. The third-order valence-electron chi connectivity index (χ3n) is 6.52. The minimum absolute atomic E-state index is 0.116. The fraction of sp³-hybridized carbons (Fsp3) is 0.565. The number of hydrogen-bond donors (Lipinski definition) is 2. The fourth-order valence-electron chi connectivity index (χ4n) is 4.87. The van der Waals surface area contributed by atoms with Crippen LogP contribution in [0.5, 0.6) is 0 Å². The van der Waals surface area contributed by atoms with Crippen LogP contribution in [0.25, 0.3) is 0 Å². The molecule has 1 aromatic carbocycles. The Morgan fingerprint density at radius 1 is 1.10 bits per heavy atom. The topological polar surface area (TPSA) is 102 Å². The molecule has 4 rings (SSSR count). The predicted octanol–water partition coefficient (Wildman–Crippen LogP) is 3.28. The van der Waals surface area contributed by atoms with Crippen molar-refractivity contribution in [1.29, 1.82) is 0 Å². The van der Waals surface area contributed by atoms with E-state index < -0.39 is 5.97 Å². The van der Waals surface area contributed by atoms with Crippen LogP contribution < -0.4 is 0 Å². The number of benzene rings is 1. The summed E-state index contributed by atoms with van der Waals surface area (Å²) in [5.41, 5.74) is 0.503. The summed E-state index contributed by atoms with van der Waals surface area (Å²) in [4.78, 5) is 33.7. The van der Waals surface area contributed by atoms with Crippen molar-refractivity contribution in [3.8, 4) is 0 Å². The number of hydrogen-bond acceptors (Lipinski definition) is 5. The molecule has 1 atom stereocenters. The molecule has 1 aromatic heterocycles. The molecule has 31 heavy (non-hydrogen) atoms. The molecule has 0 radical (unpaired) electrons. The number of carboxylic acids is 1. The predicted molar refractivity (Wildman–Crippen MR) is 116 cm³/mol. The maximum atomic E-state index is 13.5. The van der Waals surface area contributed by atoms with Gasteiger partial charge in [0.1, 0.15) is 5.82 Å². The van der Waals surface area contributed by atoms with E-state index in [1.54, 1.807) is 12.1 Å². The van der Waals surface area contributed by atoms with Gasteiger partial charge in [0.15, 0.2) is 5.82 Å². The number of H-pyrrole nitrogens is 1. The first-order valence-corrected chi connectivity index (χ1v) is 11.3. The van der Waals surface area contributed by atoms with Crippen molar-refractivity contribution < 1.29 is 14.7 Å². The van der Waals surface area contributed by atoms with Crippen LogP contribution in [0.15, 0.2) is 24.3 Å². The summed E-state index contributed by atoms with van der Waals surface area (Å²) in [5.74, 6) is 0.881. The number of aromatic carboxylic acids is 1. The van der Waals surface area contributed by atoms with Crippen LogP contribution in [0.1, 0.15) is 76.9 Å². The van der Waals surface area contributed by atoms with Crippen molar-refractivity contribution in [2.45, 2.75) is 51.5 Å². The Morgan fingerprint density at radius 3 is 2.58 bits per heavy atom. The Morgan fingerprint density at radius 2 is 1.87 bits per heavy atom. The third-order valence-corrected chi connectivity index (χ3v) is 6.52. The fourth-order valence-corrected chi connectivity index (χ4v) is 4.87. The molecule has 2 N–H and O–H groups in total. The molecule has 1 amide bonds. The number of nitrogens with zero attached hydrogens (tertiary/aromatic N) is 4. The highest BCUT2D eigenvalue weighted by molar-refractivity contribution is 5.97. The Balaban J connectivity index is 1.55. The van der Waals surface area contributed by atoms with Crippen LogP contribution >= 0.6 is 0 Å². The number of carbonyl (C=O) groups excluding carboxylic acids is 1. The Labute approximate surface area is 182 Å². The molecule has 1 saturated heterocycles. The molecular weight excluding hydrogens is 394 g/mol. The average Bonchev–Trinajstić information content (AvgIpc) is 3.10. The second-order valence-corrected chi connectivity index (χ2v) is 8.77. The van der Waals surface area contributed by atoms with Gasteiger partial charge in [0.2, 0.25) is 0 Å². The molecule has 1 saturated carbocycles. The zero-order valence-corrected chi connectivity index (χ0v) is 18.1. The Kier molecular flexibility index (Phi) is 6.65. The summed E-state index contributed by atoms with van der Waals surface area (Å²) in [6.07, 6.45) is 7.34. The quantitative estimate of drug-likeness (QED) is 0.762. The molecule has 2 heterocycles. The van der Waals surface area contributed by atoms with Crippen LogP contribution in [0, 0.1) is 12.8 Å². The lowest BCUT2D eigenvalue weighted by atomic mass is 9.89. The average molecular weight is 426 g/mol. The molecule has 0 bridgehead atoms. The van der Waals surface area contributed by atoms with Gasteiger partial charge >= 0.3 is 5.97 Å². The van der Waals surface area contributed by atoms with Gasteiger partial charge in [-0.25, -0.2) is 9.78 Å². The van der Waals surface area contributed by atoms with Crippen molar-refractivity contribution in [3.63, 3.8) is 0 Å². The number of amides is 1. The van der Waals surface area contributed by atoms with E-state index in [-0.39, 0.29) is 17.5 Å². The van der Waals surface area contributed by atoms with Crippen LogP contribution in [0.3, 0.4) is 0 Å². The van der Waals surface area contributed by atoms with Gasteiger partial charge in [-0.1, -0.05) is 25.3 Å². The first-order valence-electron chi connectivity index (χ1n) is 11.3. The highest BCUT2D eigenvalue weighted by Crippen LogP contribution is 2.29. The number of carbonyl (C=O) groups is 2. The zero-order valence-electron chi connectivity index (χ0n) is 18.1. The Hall–Kier alpha value is -2.74. The van der Waals surface area contributed by atoms with Crippen molar-refractivity contribution >= 4 is 11.9 Å². The molecular formula is C23H31N5O3. The van der Waals surface area contributed by atoms with Gasteiger partial charge in [-0.3, -0.25) is 9.89 Å². The molecule has 2 aromatic rings. The highest BCUT2D eigenvalue weighted by atomic mass is 16.4. The van der Waals surface area contributed by atoms with Crippen molar-refractivity contribution in [2.75, 3.05) is 26.2 Å². The molecule has 2 fully saturated rings. The van der Waals surface area contributed by atoms with E-state index in [1.165, 1.54) is 44.2 Å². The van der Waals surface area contributed by atoms with E-state index >= 15 is 0 Å². The van der Waals surface area contributed by atoms with Crippen molar-refractivity contribution in [2.24, 2.45) is 5.92 Å². The maximum Gasteiger partial charge on any atom is 0.335 e. The van der Waals surface area contributed by atoms with Gasteiger partial charge in [-0.15, -0.1) is 0 Å². The highest BCUT2D eigenvalue weighted by Gasteiger charge is 2.33. The van der Waals surface area contributed by atoms with E-state index in [1.807, 2.05) is 11.8 Å². The number of nitrogens with one attached hydrogen (secondary N) is 1. The number of aryl methyl sites for hydroxylation is 1. The smallest absolute Gasteiger partial charge is 0.335 e. The SMILES string of the molecule is Cc1nc(C2CCN(CC3CCCCC3)CCN2C(=O)c2cccc(C(=O)O)c2)n[nH]1. The lowest BCUT2D eigenvalue weighted by Gasteiger charge is -2.29. The summed E-state index contributed by atoms with van der Waals surface area (Å²) in [7, 11) is 0. The molecule has 1 aliphatic heterocycles. The zero-order chi connectivity index (χ0) is 21.8. The van der Waals surface area contributed by atoms with Crippen LogP contribution in [-0.2, 0) is 0 Å². The van der Waals surface area contributed by atoms with Gasteiger partial charge in [0.05, 0.1) is 11.6 Å². The summed E-state index contributed by atoms with van der Waals surface area (Å²) in [5, 5.41) is 16.6. The van der Waals surface area contributed by atoms with Crippen LogP contribution in [-0.4, -0.2) is 68.1 Å². The van der Waals surface area contributed by atoms with Crippen LogP contribution in [0.4, 0.5) is 0 Å². The first-order chi connectivity index (χ1) is 15.0. The Bertz CT molecular complexity index is 921. The minimum atomic E-state index is -1.04. The van der Waals surface area contributed by atoms with E-state index in [0.29, 0.717) is 17.9 Å². The largest absolute Gasteiger partial charge is 0.478 e. The normalized spacial score (nSPS) is 21.1. The van der Waals surface area contributed by atoms with E-state index in [9.17, 15) is 14.7 Å². The number of aromatic nitrogens is 3. The third kappa shape index (κ3) is 5.12. The van der Waals surface area contributed by atoms with Gasteiger partial charge in [-0.05, 0) is 50.3 Å². The number of carboxylic acid groups (broad SMARTS) is 1. The van der Waals surface area contributed by atoms with Gasteiger partial charge in [0.25, 0.3) is 5.91 Å². The van der Waals surface area contributed by atoms with E-state index in [4.69, 9.17) is 0 Å². The number of rotatable bonds is 5. The van der Waals surface area contributed by atoms with E-state index in [0.717, 1.165) is 37.8 Å². The second kappa shape index (κ2) is 9.60. The minimum Gasteiger partial charge on any atom is -0.478 e. The van der Waals surface area contributed by atoms with Crippen molar-refractivity contribution in [3.05, 3.63) is 47.0 Å². The summed E-state index contributed by atoms with van der Waals surface area (Å²) in [6, 6.07) is 6.02. The number of aromatic amines is 1. The maximum absolute atomic E-state index is 13.5. The molecule has 8 heteroatoms. The molecule has 1 unspecified atom stereocenters. The second-order valence-electron chi connectivity index (χ2n) is 8.77. The standard InChI is InChI=1S/C23H31N5O3/c1-16-24-21(26-25-16)20-10-11-27(15-17-6-3-2-4-7-17)12-13-28(20)22(29)18-8-5-9-19(14-18)23(30)31/h5,8-9,14,17,20H,2-4,6-7,10-13,15H2,1H3,(H,30,31)(H,24,25,26). The van der Waals surface area contributed by atoms with Gasteiger partial charge in [-0.2, -0.15) is 5.10 Å². The monoisotopic (exact) mass is 425 g/mol. The molecule has 0 spiro atoms.